The van der Waals surface area contributed by atoms with Gasteiger partial charge in [-0.15, -0.1) is 0 Å². The molecule has 0 N–H and O–H groups in total. The number of hydrogen-bond donors (Lipinski definition) is 0. The molecule has 5 rings (SSSR count). The van der Waals surface area contributed by atoms with Crippen LogP contribution in [0.25, 0.3) is 0 Å². The molecule has 11 nitrogen and oxygen atoms in total. The van der Waals surface area contributed by atoms with Crippen molar-refractivity contribution in [1.82, 2.24) is 24.6 Å². The zero-order valence-corrected chi connectivity index (χ0v) is 20.2. The number of fused-ring (bicyclic) bond motifs is 3. The molecule has 3 fully saturated rings. The number of carbonyl (C=O) groups excluding carboxylic acids is 1. The quantitative estimate of drug-likeness (QED) is 0.324. The molecule has 1 unspecified atom stereocenters. The van der Waals surface area contributed by atoms with Crippen LogP contribution in [0.15, 0.2) is 12.4 Å². The van der Waals surface area contributed by atoms with E-state index in [0.717, 1.165) is 25.2 Å². The fraction of sp³-hybridized carbons (Fsp3) is 0.652. The summed E-state index contributed by atoms with van der Waals surface area (Å²) in [5, 5.41) is 16.5. The smallest absolute Gasteiger partial charge is 0.364 e. The molecule has 2 aromatic rings. The van der Waals surface area contributed by atoms with Crippen LogP contribution in [0.4, 0.5) is 5.69 Å². The van der Waals surface area contributed by atoms with E-state index >= 15 is 0 Å². The molecule has 0 radical (unpaired) electrons. The lowest BCUT2D eigenvalue weighted by molar-refractivity contribution is -0.386. The van der Waals surface area contributed by atoms with E-state index in [2.05, 4.69) is 20.0 Å². The molecule has 0 aliphatic carbocycles. The summed E-state index contributed by atoms with van der Waals surface area (Å²) in [5.41, 5.74) is -0.564. The van der Waals surface area contributed by atoms with Crippen molar-refractivity contribution in [2.45, 2.75) is 65.0 Å². The van der Waals surface area contributed by atoms with E-state index in [1.54, 1.807) is 27.7 Å². The Morgan fingerprint density at radius 2 is 1.97 bits per heavy atom. The van der Waals surface area contributed by atoms with E-state index in [1.807, 2.05) is 17.1 Å². The van der Waals surface area contributed by atoms with E-state index < -0.39 is 27.9 Å². The zero-order valence-electron chi connectivity index (χ0n) is 20.2. The molecule has 0 aromatic carbocycles. The summed E-state index contributed by atoms with van der Waals surface area (Å²) in [6, 6.07) is 0.292. The van der Waals surface area contributed by atoms with Gasteiger partial charge >= 0.3 is 17.7 Å². The normalized spacial score (nSPS) is 21.9. The van der Waals surface area contributed by atoms with Crippen LogP contribution in [0.1, 0.15) is 68.3 Å². The van der Waals surface area contributed by atoms with E-state index in [0.29, 0.717) is 18.4 Å². The Labute approximate surface area is 198 Å². The minimum atomic E-state index is -0.876. The second-order valence-electron chi connectivity index (χ2n) is 9.88. The molecule has 184 valence electrons. The molecule has 2 aromatic heterocycles. The molecule has 3 aliphatic heterocycles. The molecule has 1 atom stereocenters. The molecule has 3 aliphatic rings. The number of aromatic nitrogens is 4. The summed E-state index contributed by atoms with van der Waals surface area (Å²) in [4.78, 5) is 34.8. The summed E-state index contributed by atoms with van der Waals surface area (Å²) in [6.07, 6.45) is 6.95. The average Bonchev–Trinajstić information content (AvgIpc) is 3.26. The Bertz CT molecular complexity index is 1050. The van der Waals surface area contributed by atoms with E-state index in [1.165, 1.54) is 12.8 Å². The Kier molecular flexibility index (Phi) is 6.83. The molecule has 0 amide bonds. The van der Waals surface area contributed by atoms with Crippen molar-refractivity contribution in [2.24, 2.45) is 5.92 Å². The lowest BCUT2D eigenvalue weighted by atomic mass is 9.84. The van der Waals surface area contributed by atoms with Gasteiger partial charge in [-0.3, -0.25) is 14.8 Å². The van der Waals surface area contributed by atoms with Crippen molar-refractivity contribution >= 4 is 11.7 Å². The molecule has 0 saturated carbocycles. The van der Waals surface area contributed by atoms with E-state index in [9.17, 15) is 14.9 Å². The van der Waals surface area contributed by atoms with Crippen molar-refractivity contribution in [3.8, 4) is 6.01 Å². The fourth-order valence-electron chi connectivity index (χ4n) is 4.69. The van der Waals surface area contributed by atoms with E-state index in [-0.39, 0.29) is 24.7 Å². The van der Waals surface area contributed by atoms with Gasteiger partial charge in [0.2, 0.25) is 5.69 Å². The number of aryl methyl sites for hydroxylation is 2. The zero-order chi connectivity index (χ0) is 24.5. The van der Waals surface area contributed by atoms with Crippen molar-refractivity contribution < 1.29 is 19.2 Å². The van der Waals surface area contributed by atoms with Gasteiger partial charge in [-0.25, -0.2) is 4.79 Å². The monoisotopic (exact) mass is 472 g/mol. The average molecular weight is 473 g/mol. The summed E-state index contributed by atoms with van der Waals surface area (Å²) < 4.78 is 12.8. The first-order chi connectivity index (χ1) is 16.1. The second kappa shape index (κ2) is 9.65. The van der Waals surface area contributed by atoms with Gasteiger partial charge in [-0.1, -0.05) is 0 Å². The van der Waals surface area contributed by atoms with Crippen LogP contribution in [-0.4, -0.2) is 67.4 Å². The topological polar surface area (TPSA) is 126 Å². The van der Waals surface area contributed by atoms with Gasteiger partial charge in [0, 0.05) is 19.2 Å². The van der Waals surface area contributed by atoms with Crippen molar-refractivity contribution in [3.63, 3.8) is 0 Å². The summed E-state index contributed by atoms with van der Waals surface area (Å²) >= 11 is 0. The van der Waals surface area contributed by atoms with Crippen molar-refractivity contribution in [1.29, 1.82) is 0 Å². The molecule has 2 bridgehead atoms. The summed E-state index contributed by atoms with van der Waals surface area (Å²) in [6.45, 7) is 10.4. The summed E-state index contributed by atoms with van der Waals surface area (Å²) in [7, 11) is 0. The number of ether oxygens (including phenoxy) is 2. The number of hydrogen-bond acceptors (Lipinski definition) is 9. The molecule has 3 saturated heterocycles. The maximum Gasteiger partial charge on any atom is 0.364 e. The largest absolute Gasteiger partial charge is 0.464 e. The fourth-order valence-corrected chi connectivity index (χ4v) is 4.69. The third-order valence-corrected chi connectivity index (χ3v) is 6.25. The number of carbonyl (C=O) groups is 1. The molecular weight excluding hydrogens is 440 g/mol. The highest BCUT2D eigenvalue weighted by atomic mass is 16.6. The number of esters is 1. The number of nitro groups is 1. The van der Waals surface area contributed by atoms with E-state index in [4.69, 9.17) is 9.47 Å². The van der Waals surface area contributed by atoms with Gasteiger partial charge in [0.1, 0.15) is 11.3 Å². The highest BCUT2D eigenvalue weighted by Crippen LogP contribution is 2.35. The number of rotatable bonds is 8. The van der Waals surface area contributed by atoms with Crippen molar-refractivity contribution in [3.05, 3.63) is 39.5 Å². The van der Waals surface area contributed by atoms with Crippen LogP contribution in [0.2, 0.25) is 0 Å². The van der Waals surface area contributed by atoms with Crippen LogP contribution in [0, 0.1) is 16.0 Å². The Hall–Kier alpha value is -3.08. The SMILES string of the molecule is CCOc1nc(CCc2cnn(C3CN4CCC3CC4)c2)c([N+](=O)[O-])c(C(=O)OC(C)(C)C)n1. The predicted molar refractivity (Wildman–Crippen MR) is 123 cm³/mol. The Morgan fingerprint density at radius 3 is 2.56 bits per heavy atom. The van der Waals surface area contributed by atoms with Gasteiger partial charge in [-0.05, 0) is 71.5 Å². The number of piperidine rings is 3. The minimum Gasteiger partial charge on any atom is -0.464 e. The maximum absolute atomic E-state index is 12.7. The first kappa shape index (κ1) is 24.1. The van der Waals surface area contributed by atoms with Gasteiger partial charge < -0.3 is 14.4 Å². The minimum absolute atomic E-state index is 0.0769. The lowest BCUT2D eigenvalue weighted by Crippen LogP contribution is -2.48. The summed E-state index contributed by atoms with van der Waals surface area (Å²) in [5.74, 6) is -0.232. The van der Waals surface area contributed by atoms with Gasteiger partial charge in [-0.2, -0.15) is 15.1 Å². The molecule has 5 heterocycles. The Balaban J connectivity index is 1.57. The van der Waals surface area contributed by atoms with Crippen LogP contribution in [-0.2, 0) is 17.6 Å². The van der Waals surface area contributed by atoms with Crippen LogP contribution < -0.4 is 4.74 Å². The first-order valence-corrected chi connectivity index (χ1v) is 11.8. The molecule has 34 heavy (non-hydrogen) atoms. The highest BCUT2D eigenvalue weighted by Gasteiger charge is 2.36. The standard InChI is InChI=1S/C23H32N6O5/c1-5-33-22-25-17(20(29(31)32)19(26-22)21(30)34-23(2,3)4)7-6-15-12-24-28(13-15)18-14-27-10-8-16(18)9-11-27/h12-13,16,18H,5-11,14H2,1-4H3. The molecule has 11 heteroatoms. The van der Waals surface area contributed by atoms with Crippen LogP contribution >= 0.6 is 0 Å². The predicted octanol–water partition coefficient (Wildman–Crippen LogP) is 2.99. The highest BCUT2D eigenvalue weighted by molar-refractivity contribution is 5.92. The molecular formula is C23H32N6O5. The molecule has 0 spiro atoms. The third-order valence-electron chi connectivity index (χ3n) is 6.25. The second-order valence-corrected chi connectivity index (χ2v) is 9.88. The van der Waals surface area contributed by atoms with Crippen LogP contribution in [0.3, 0.4) is 0 Å². The first-order valence-electron chi connectivity index (χ1n) is 11.8. The van der Waals surface area contributed by atoms with Gasteiger partial charge in [0.15, 0.2) is 0 Å². The van der Waals surface area contributed by atoms with Gasteiger partial charge in [0.25, 0.3) is 0 Å². The number of nitrogens with zero attached hydrogens (tertiary/aromatic N) is 6. The Morgan fingerprint density at radius 1 is 1.24 bits per heavy atom. The van der Waals surface area contributed by atoms with Crippen molar-refractivity contribution in [2.75, 3.05) is 26.2 Å². The maximum atomic E-state index is 12.7. The van der Waals surface area contributed by atoms with Crippen LogP contribution in [0.5, 0.6) is 6.01 Å². The van der Waals surface area contributed by atoms with Gasteiger partial charge in [0.05, 0.1) is 23.8 Å². The third kappa shape index (κ3) is 5.35. The lowest BCUT2D eigenvalue weighted by Gasteiger charge is -2.44.